The standard InChI is InChI=1S/C24H16BrCl2FN2O3/c1-32-22-10-15(9-16(12-29)24(31)30-21-5-3-2-4-20(21)28)17(25)11-23(22)33-13-14-6-7-18(26)19(27)8-14/h2-11H,13H2,1H3,(H,30,31)/b16-9-. The molecule has 3 rings (SSSR count). The lowest BCUT2D eigenvalue weighted by atomic mass is 10.1. The smallest absolute Gasteiger partial charge is 0.266 e. The summed E-state index contributed by atoms with van der Waals surface area (Å²) >= 11 is 15.4. The van der Waals surface area contributed by atoms with Gasteiger partial charge in [0.25, 0.3) is 5.91 Å². The molecule has 3 aromatic carbocycles. The first-order valence-corrected chi connectivity index (χ1v) is 11.0. The highest BCUT2D eigenvalue weighted by atomic mass is 79.9. The van der Waals surface area contributed by atoms with Crippen molar-refractivity contribution < 1.29 is 18.7 Å². The van der Waals surface area contributed by atoms with E-state index in [0.717, 1.165) is 5.56 Å². The number of benzene rings is 3. The summed E-state index contributed by atoms with van der Waals surface area (Å²) in [6.45, 7) is 0.212. The Morgan fingerprint density at radius 1 is 1.15 bits per heavy atom. The highest BCUT2D eigenvalue weighted by molar-refractivity contribution is 9.10. The van der Waals surface area contributed by atoms with Crippen LogP contribution in [0.3, 0.4) is 0 Å². The summed E-state index contributed by atoms with van der Waals surface area (Å²) in [6, 6.07) is 16.0. The highest BCUT2D eigenvalue weighted by Crippen LogP contribution is 2.35. The molecule has 168 valence electrons. The highest BCUT2D eigenvalue weighted by Gasteiger charge is 2.15. The monoisotopic (exact) mass is 548 g/mol. The molecule has 5 nitrogen and oxygen atoms in total. The Balaban J connectivity index is 1.83. The molecule has 0 heterocycles. The first kappa shape index (κ1) is 24.6. The Morgan fingerprint density at radius 2 is 1.91 bits per heavy atom. The van der Waals surface area contributed by atoms with Gasteiger partial charge in [0.05, 0.1) is 22.8 Å². The van der Waals surface area contributed by atoms with Gasteiger partial charge in [-0.15, -0.1) is 0 Å². The molecule has 0 fully saturated rings. The molecule has 1 N–H and O–H groups in total. The van der Waals surface area contributed by atoms with Crippen LogP contribution in [0.2, 0.25) is 10.0 Å². The van der Waals surface area contributed by atoms with Crippen molar-refractivity contribution in [1.29, 1.82) is 5.26 Å². The minimum Gasteiger partial charge on any atom is -0.493 e. The molecule has 33 heavy (non-hydrogen) atoms. The van der Waals surface area contributed by atoms with Gasteiger partial charge in [0, 0.05) is 4.47 Å². The summed E-state index contributed by atoms with van der Waals surface area (Å²) in [7, 11) is 1.47. The number of carbonyl (C=O) groups is 1. The quantitative estimate of drug-likeness (QED) is 0.254. The predicted octanol–water partition coefficient (Wildman–Crippen LogP) is 7.03. The zero-order valence-corrected chi connectivity index (χ0v) is 20.3. The molecule has 0 unspecified atom stereocenters. The number of carbonyl (C=O) groups excluding carboxylic acids is 1. The van der Waals surface area contributed by atoms with E-state index >= 15 is 0 Å². The number of nitrogens with zero attached hydrogens (tertiary/aromatic N) is 1. The Kier molecular flexibility index (Phi) is 8.34. The van der Waals surface area contributed by atoms with E-state index in [0.29, 0.717) is 31.6 Å². The summed E-state index contributed by atoms with van der Waals surface area (Å²) in [5, 5.41) is 12.7. The SMILES string of the molecule is COc1cc(/C=C(/C#N)C(=O)Nc2ccccc2F)c(Br)cc1OCc1ccc(Cl)c(Cl)c1. The molecular weight excluding hydrogens is 534 g/mol. The number of nitriles is 1. The minimum atomic E-state index is -0.742. The summed E-state index contributed by atoms with van der Waals surface area (Å²) in [6.07, 6.45) is 1.37. The van der Waals surface area contributed by atoms with Gasteiger partial charge in [-0.2, -0.15) is 5.26 Å². The van der Waals surface area contributed by atoms with Gasteiger partial charge < -0.3 is 14.8 Å². The van der Waals surface area contributed by atoms with Crippen molar-refractivity contribution in [2.75, 3.05) is 12.4 Å². The number of ether oxygens (including phenoxy) is 2. The van der Waals surface area contributed by atoms with Gasteiger partial charge in [-0.25, -0.2) is 4.39 Å². The fraction of sp³-hybridized carbons (Fsp3) is 0.0833. The van der Waals surface area contributed by atoms with Crippen molar-refractivity contribution in [3.63, 3.8) is 0 Å². The molecule has 0 saturated carbocycles. The van der Waals surface area contributed by atoms with Gasteiger partial charge in [0.15, 0.2) is 11.5 Å². The van der Waals surface area contributed by atoms with E-state index in [1.54, 1.807) is 36.4 Å². The third-order valence-corrected chi connectivity index (χ3v) is 5.87. The van der Waals surface area contributed by atoms with Crippen molar-refractivity contribution in [3.05, 3.63) is 91.6 Å². The van der Waals surface area contributed by atoms with Crippen LogP contribution in [0.15, 0.2) is 64.6 Å². The third-order valence-electron chi connectivity index (χ3n) is 4.45. The topological polar surface area (TPSA) is 71.3 Å². The van der Waals surface area contributed by atoms with E-state index in [9.17, 15) is 14.4 Å². The van der Waals surface area contributed by atoms with Crippen LogP contribution >= 0.6 is 39.1 Å². The maximum Gasteiger partial charge on any atom is 0.266 e. The maximum atomic E-state index is 13.8. The van der Waals surface area contributed by atoms with Crippen LogP contribution in [-0.4, -0.2) is 13.0 Å². The van der Waals surface area contributed by atoms with Gasteiger partial charge in [-0.1, -0.05) is 57.3 Å². The van der Waals surface area contributed by atoms with Crippen LogP contribution in [0, 0.1) is 17.1 Å². The second kappa shape index (κ2) is 11.2. The number of amides is 1. The average Bonchev–Trinajstić information content (AvgIpc) is 2.80. The van der Waals surface area contributed by atoms with Crippen LogP contribution in [0.25, 0.3) is 6.08 Å². The van der Waals surface area contributed by atoms with Crippen LogP contribution in [0.5, 0.6) is 11.5 Å². The molecule has 0 aromatic heterocycles. The van der Waals surface area contributed by atoms with E-state index in [-0.39, 0.29) is 17.9 Å². The molecule has 0 aliphatic rings. The van der Waals surface area contributed by atoms with Gasteiger partial charge in [0.1, 0.15) is 24.1 Å². The molecule has 9 heteroatoms. The number of anilines is 1. The number of para-hydroxylation sites is 1. The minimum absolute atomic E-state index is 0.0219. The number of halogens is 4. The molecule has 0 aliphatic carbocycles. The Morgan fingerprint density at radius 3 is 2.58 bits per heavy atom. The Labute approximate surface area is 208 Å². The van der Waals surface area contributed by atoms with E-state index in [1.807, 2.05) is 6.07 Å². The number of nitrogens with one attached hydrogen (secondary N) is 1. The zero-order valence-electron chi connectivity index (χ0n) is 17.2. The van der Waals surface area contributed by atoms with Gasteiger partial charge in [0.2, 0.25) is 0 Å². The third kappa shape index (κ3) is 6.26. The molecule has 0 aliphatic heterocycles. The molecular formula is C24H16BrCl2FN2O3. The van der Waals surface area contributed by atoms with Crippen molar-refractivity contribution in [2.45, 2.75) is 6.61 Å². The molecule has 0 radical (unpaired) electrons. The second-order valence-electron chi connectivity index (χ2n) is 6.67. The average molecular weight is 550 g/mol. The summed E-state index contributed by atoms with van der Waals surface area (Å²) in [5.41, 5.74) is 1.06. The number of methoxy groups -OCH3 is 1. The van der Waals surface area contributed by atoms with E-state index < -0.39 is 11.7 Å². The summed E-state index contributed by atoms with van der Waals surface area (Å²) in [4.78, 5) is 12.5. The Bertz CT molecular complexity index is 1280. The number of hydrogen-bond donors (Lipinski definition) is 1. The molecule has 3 aromatic rings. The molecule has 0 bridgehead atoms. The number of hydrogen-bond acceptors (Lipinski definition) is 4. The first-order chi connectivity index (χ1) is 15.8. The van der Waals surface area contributed by atoms with Gasteiger partial charge >= 0.3 is 0 Å². The molecule has 0 atom stereocenters. The van der Waals surface area contributed by atoms with Crippen molar-refractivity contribution in [2.24, 2.45) is 0 Å². The predicted molar refractivity (Wildman–Crippen MR) is 130 cm³/mol. The van der Waals surface area contributed by atoms with Crippen molar-refractivity contribution in [1.82, 2.24) is 0 Å². The van der Waals surface area contributed by atoms with Crippen molar-refractivity contribution in [3.8, 4) is 17.6 Å². The fourth-order valence-corrected chi connectivity index (χ4v) is 3.54. The van der Waals surface area contributed by atoms with Crippen molar-refractivity contribution >= 4 is 56.8 Å². The lowest BCUT2D eigenvalue weighted by Crippen LogP contribution is -2.14. The van der Waals surface area contributed by atoms with E-state index in [1.165, 1.54) is 31.4 Å². The molecule has 0 saturated heterocycles. The zero-order chi connectivity index (χ0) is 24.0. The van der Waals surface area contributed by atoms with E-state index in [4.69, 9.17) is 32.7 Å². The van der Waals surface area contributed by atoms with Crippen LogP contribution < -0.4 is 14.8 Å². The van der Waals surface area contributed by atoms with Gasteiger partial charge in [-0.3, -0.25) is 4.79 Å². The van der Waals surface area contributed by atoms with Crippen LogP contribution in [0.1, 0.15) is 11.1 Å². The normalized spacial score (nSPS) is 11.0. The molecule has 0 spiro atoms. The summed E-state index contributed by atoms with van der Waals surface area (Å²) in [5.74, 6) is -0.527. The second-order valence-corrected chi connectivity index (χ2v) is 8.33. The van der Waals surface area contributed by atoms with Crippen LogP contribution in [-0.2, 0) is 11.4 Å². The number of rotatable bonds is 7. The van der Waals surface area contributed by atoms with E-state index in [2.05, 4.69) is 21.2 Å². The molecule has 1 amide bonds. The van der Waals surface area contributed by atoms with Gasteiger partial charge in [-0.05, 0) is 53.6 Å². The Hall–Kier alpha value is -3.05. The fourth-order valence-electron chi connectivity index (χ4n) is 2.78. The summed E-state index contributed by atoms with van der Waals surface area (Å²) < 4.78 is 25.6. The lowest BCUT2D eigenvalue weighted by molar-refractivity contribution is -0.112. The van der Waals surface area contributed by atoms with Crippen LogP contribution in [0.4, 0.5) is 10.1 Å². The first-order valence-electron chi connectivity index (χ1n) is 9.44. The lowest BCUT2D eigenvalue weighted by Gasteiger charge is -2.13. The largest absolute Gasteiger partial charge is 0.493 e. The maximum absolute atomic E-state index is 13.8.